The highest BCUT2D eigenvalue weighted by Gasteiger charge is 2.20. The van der Waals surface area contributed by atoms with Crippen molar-refractivity contribution in [2.75, 3.05) is 45.9 Å². The molecule has 124 valence electrons. The second-order valence-corrected chi connectivity index (χ2v) is 6.21. The summed E-state index contributed by atoms with van der Waals surface area (Å²) in [6.45, 7) is 13.8. The zero-order chi connectivity index (χ0) is 15.7. The van der Waals surface area contributed by atoms with Gasteiger partial charge in [-0.2, -0.15) is 0 Å². The largest absolute Gasteiger partial charge is 0.379 e. The summed E-state index contributed by atoms with van der Waals surface area (Å²) in [5.41, 5.74) is 0. The molecule has 0 spiro atoms. The van der Waals surface area contributed by atoms with Crippen LogP contribution in [-0.2, 0) is 14.3 Å². The van der Waals surface area contributed by atoms with Gasteiger partial charge in [0, 0.05) is 32.8 Å². The maximum absolute atomic E-state index is 11.9. The summed E-state index contributed by atoms with van der Waals surface area (Å²) in [6.07, 6.45) is 2.72. The van der Waals surface area contributed by atoms with Gasteiger partial charge in [-0.25, -0.2) is 0 Å². The first-order valence-electron chi connectivity index (χ1n) is 8.22. The Hall–Kier alpha value is -0.650. The summed E-state index contributed by atoms with van der Waals surface area (Å²) in [4.78, 5) is 16.3. The summed E-state index contributed by atoms with van der Waals surface area (Å²) in [7, 11) is 0. The molecule has 1 amide bonds. The first-order chi connectivity index (χ1) is 9.99. The third-order valence-electron chi connectivity index (χ3n) is 3.59. The Morgan fingerprint density at radius 3 is 2.14 bits per heavy atom. The SMILES string of the molecule is CC(C)OCCCCN1CCN(C(=O)COC(C)C)CC1. The Balaban J connectivity index is 2.07. The predicted octanol–water partition coefficient (Wildman–Crippen LogP) is 1.76. The second-order valence-electron chi connectivity index (χ2n) is 6.21. The van der Waals surface area contributed by atoms with Crippen molar-refractivity contribution in [3.05, 3.63) is 0 Å². The van der Waals surface area contributed by atoms with Crippen molar-refractivity contribution in [3.8, 4) is 0 Å². The number of hydrogen-bond donors (Lipinski definition) is 0. The van der Waals surface area contributed by atoms with E-state index in [1.807, 2.05) is 18.7 Å². The van der Waals surface area contributed by atoms with E-state index in [0.717, 1.165) is 52.2 Å². The van der Waals surface area contributed by atoms with E-state index in [-0.39, 0.29) is 18.6 Å². The van der Waals surface area contributed by atoms with E-state index < -0.39 is 0 Å². The van der Waals surface area contributed by atoms with Crippen LogP contribution in [0.2, 0.25) is 0 Å². The van der Waals surface area contributed by atoms with Gasteiger partial charge in [-0.3, -0.25) is 9.69 Å². The molecule has 1 saturated heterocycles. The zero-order valence-corrected chi connectivity index (χ0v) is 14.1. The Bertz CT molecular complexity index is 287. The maximum atomic E-state index is 11.9. The Kier molecular flexibility index (Phi) is 8.88. The maximum Gasteiger partial charge on any atom is 0.248 e. The van der Waals surface area contributed by atoms with Crippen LogP contribution in [0, 0.1) is 0 Å². The number of amides is 1. The average Bonchev–Trinajstić information content (AvgIpc) is 2.44. The van der Waals surface area contributed by atoms with Crippen molar-refractivity contribution in [2.24, 2.45) is 0 Å². The minimum absolute atomic E-state index is 0.114. The molecule has 1 heterocycles. The van der Waals surface area contributed by atoms with Crippen molar-refractivity contribution < 1.29 is 14.3 Å². The molecule has 0 unspecified atom stereocenters. The number of rotatable bonds is 9. The molecule has 21 heavy (non-hydrogen) atoms. The lowest BCUT2D eigenvalue weighted by molar-refractivity contribution is -0.139. The highest BCUT2D eigenvalue weighted by atomic mass is 16.5. The van der Waals surface area contributed by atoms with Crippen molar-refractivity contribution in [3.63, 3.8) is 0 Å². The molecule has 1 aliphatic heterocycles. The third kappa shape index (κ3) is 8.39. The number of piperazine rings is 1. The molecule has 0 aliphatic carbocycles. The van der Waals surface area contributed by atoms with Crippen LogP contribution in [0.1, 0.15) is 40.5 Å². The van der Waals surface area contributed by atoms with Gasteiger partial charge in [0.25, 0.3) is 0 Å². The fourth-order valence-electron chi connectivity index (χ4n) is 2.31. The third-order valence-corrected chi connectivity index (χ3v) is 3.59. The average molecular weight is 300 g/mol. The van der Waals surface area contributed by atoms with Crippen LogP contribution in [0.5, 0.6) is 0 Å². The molecule has 0 aromatic rings. The van der Waals surface area contributed by atoms with E-state index in [4.69, 9.17) is 9.47 Å². The first-order valence-corrected chi connectivity index (χ1v) is 8.22. The number of carbonyl (C=O) groups is 1. The van der Waals surface area contributed by atoms with Crippen LogP contribution in [0.3, 0.4) is 0 Å². The first kappa shape index (κ1) is 18.4. The summed E-state index contributed by atoms with van der Waals surface area (Å²) < 4.78 is 10.9. The van der Waals surface area contributed by atoms with Gasteiger partial charge in [0.1, 0.15) is 6.61 Å². The number of unbranched alkanes of at least 4 members (excludes halogenated alkanes) is 1. The van der Waals surface area contributed by atoms with Gasteiger partial charge in [0.2, 0.25) is 5.91 Å². The number of hydrogen-bond acceptors (Lipinski definition) is 4. The summed E-state index contributed by atoms with van der Waals surface area (Å²) in [6, 6.07) is 0. The fraction of sp³-hybridized carbons (Fsp3) is 0.938. The van der Waals surface area contributed by atoms with Crippen LogP contribution in [0.15, 0.2) is 0 Å². The van der Waals surface area contributed by atoms with E-state index >= 15 is 0 Å². The van der Waals surface area contributed by atoms with Crippen LogP contribution in [0.25, 0.3) is 0 Å². The van der Waals surface area contributed by atoms with Crippen LogP contribution >= 0.6 is 0 Å². The lowest BCUT2D eigenvalue weighted by Gasteiger charge is -2.34. The molecule has 5 nitrogen and oxygen atoms in total. The zero-order valence-electron chi connectivity index (χ0n) is 14.1. The van der Waals surface area contributed by atoms with E-state index in [1.54, 1.807) is 0 Å². The lowest BCUT2D eigenvalue weighted by Crippen LogP contribution is -2.49. The Morgan fingerprint density at radius 1 is 0.952 bits per heavy atom. The van der Waals surface area contributed by atoms with Gasteiger partial charge >= 0.3 is 0 Å². The molecule has 0 aromatic carbocycles. The molecule has 5 heteroatoms. The molecule has 1 rings (SSSR count). The van der Waals surface area contributed by atoms with Gasteiger partial charge in [0.05, 0.1) is 12.2 Å². The van der Waals surface area contributed by atoms with E-state index in [0.29, 0.717) is 6.10 Å². The summed E-state index contributed by atoms with van der Waals surface area (Å²) >= 11 is 0. The minimum Gasteiger partial charge on any atom is -0.379 e. The minimum atomic E-state index is 0.114. The van der Waals surface area contributed by atoms with E-state index in [1.165, 1.54) is 0 Å². The monoisotopic (exact) mass is 300 g/mol. The highest BCUT2D eigenvalue weighted by molar-refractivity contribution is 5.77. The number of ether oxygens (including phenoxy) is 2. The molecule has 0 bridgehead atoms. The van der Waals surface area contributed by atoms with Crippen molar-refractivity contribution in [1.82, 2.24) is 9.80 Å². The van der Waals surface area contributed by atoms with Gasteiger partial charge in [-0.15, -0.1) is 0 Å². The summed E-state index contributed by atoms with van der Waals surface area (Å²) in [5.74, 6) is 0.119. The Labute approximate surface area is 129 Å². The molecular formula is C16H32N2O3. The highest BCUT2D eigenvalue weighted by Crippen LogP contribution is 2.05. The van der Waals surface area contributed by atoms with Crippen molar-refractivity contribution >= 4 is 5.91 Å². The Morgan fingerprint density at radius 2 is 1.57 bits per heavy atom. The standard InChI is InChI=1S/C16H32N2O3/c1-14(2)20-12-6-5-7-17-8-10-18(11-9-17)16(19)13-21-15(3)4/h14-15H,5-13H2,1-4H3. The van der Waals surface area contributed by atoms with Crippen LogP contribution in [-0.4, -0.2) is 73.9 Å². The predicted molar refractivity (Wildman–Crippen MR) is 84.4 cm³/mol. The molecule has 0 radical (unpaired) electrons. The van der Waals surface area contributed by atoms with Gasteiger partial charge in [-0.05, 0) is 47.1 Å². The molecule has 1 aliphatic rings. The van der Waals surface area contributed by atoms with Crippen molar-refractivity contribution in [2.45, 2.75) is 52.7 Å². The normalized spacial score (nSPS) is 17.0. The van der Waals surface area contributed by atoms with E-state index in [9.17, 15) is 4.79 Å². The summed E-state index contributed by atoms with van der Waals surface area (Å²) in [5, 5.41) is 0. The number of nitrogens with zero attached hydrogens (tertiary/aromatic N) is 2. The number of carbonyl (C=O) groups excluding carboxylic acids is 1. The molecule has 0 atom stereocenters. The molecule has 0 aromatic heterocycles. The van der Waals surface area contributed by atoms with Crippen molar-refractivity contribution in [1.29, 1.82) is 0 Å². The van der Waals surface area contributed by atoms with Gasteiger partial charge in [0.15, 0.2) is 0 Å². The topological polar surface area (TPSA) is 42.0 Å². The second kappa shape index (κ2) is 10.1. The molecular weight excluding hydrogens is 268 g/mol. The molecule has 0 N–H and O–H groups in total. The quantitative estimate of drug-likeness (QED) is 0.609. The fourth-order valence-corrected chi connectivity index (χ4v) is 2.31. The molecule has 1 fully saturated rings. The van der Waals surface area contributed by atoms with Crippen LogP contribution < -0.4 is 0 Å². The van der Waals surface area contributed by atoms with Gasteiger partial charge in [-0.1, -0.05) is 0 Å². The molecule has 0 saturated carbocycles. The van der Waals surface area contributed by atoms with Gasteiger partial charge < -0.3 is 14.4 Å². The smallest absolute Gasteiger partial charge is 0.248 e. The van der Waals surface area contributed by atoms with Crippen LogP contribution in [0.4, 0.5) is 0 Å². The van der Waals surface area contributed by atoms with E-state index in [2.05, 4.69) is 18.7 Å². The lowest BCUT2D eigenvalue weighted by atomic mass is 10.2.